The van der Waals surface area contributed by atoms with E-state index in [9.17, 15) is 20.0 Å². The number of hydrogen-bond acceptors (Lipinski definition) is 6. The van der Waals surface area contributed by atoms with Crippen LogP contribution in [0.1, 0.15) is 58.8 Å². The summed E-state index contributed by atoms with van der Waals surface area (Å²) < 4.78 is 0. The lowest BCUT2D eigenvalue weighted by molar-refractivity contribution is -0.146. The number of carbonyl (C=O) groups excluding carboxylic acids is 1. The minimum absolute atomic E-state index is 0.280. The van der Waals surface area contributed by atoms with Crippen LogP contribution in [-0.4, -0.2) is 46.1 Å². The molecule has 0 aliphatic heterocycles. The lowest BCUT2D eigenvalue weighted by Crippen LogP contribution is -2.39. The van der Waals surface area contributed by atoms with Crippen molar-refractivity contribution in [2.45, 2.75) is 44.4 Å². The van der Waals surface area contributed by atoms with Gasteiger partial charge in [0.2, 0.25) is 5.96 Å². The zero-order valence-corrected chi connectivity index (χ0v) is 25.4. The van der Waals surface area contributed by atoms with Crippen LogP contribution >= 0.6 is 23.8 Å². The molecule has 4 N–H and O–H groups in total. The fourth-order valence-electron chi connectivity index (χ4n) is 4.76. The van der Waals surface area contributed by atoms with Crippen LogP contribution in [0.4, 0.5) is 5.69 Å². The number of nitriles is 1. The van der Waals surface area contributed by atoms with Gasteiger partial charge in [0, 0.05) is 21.6 Å². The Morgan fingerprint density at radius 1 is 1.07 bits per heavy atom. The van der Waals surface area contributed by atoms with Crippen molar-refractivity contribution in [3.8, 4) is 6.19 Å². The van der Waals surface area contributed by atoms with Crippen LogP contribution in [0.25, 0.3) is 5.57 Å². The highest BCUT2D eigenvalue weighted by molar-refractivity contribution is 7.79. The van der Waals surface area contributed by atoms with Gasteiger partial charge in [-0.3, -0.25) is 10.1 Å². The third-order valence-corrected chi connectivity index (χ3v) is 7.67. The molecule has 0 bridgehead atoms. The van der Waals surface area contributed by atoms with Crippen molar-refractivity contribution in [2.75, 3.05) is 11.4 Å². The summed E-state index contributed by atoms with van der Waals surface area (Å²) >= 11 is 11.4. The van der Waals surface area contributed by atoms with E-state index in [0.29, 0.717) is 17.1 Å². The van der Waals surface area contributed by atoms with Gasteiger partial charge >= 0.3 is 5.97 Å². The molecular weight excluding hydrogens is 598 g/mol. The summed E-state index contributed by atoms with van der Waals surface area (Å²) in [5.41, 5.74) is 5.19. The molecule has 0 saturated heterocycles. The molecule has 0 saturated carbocycles. The normalized spacial score (nSPS) is 14.4. The number of hydrogen-bond donors (Lipinski definition) is 4. The number of rotatable bonds is 11. The molecule has 0 heterocycles. The molecule has 226 valence electrons. The van der Waals surface area contributed by atoms with Crippen molar-refractivity contribution < 1.29 is 19.8 Å². The summed E-state index contributed by atoms with van der Waals surface area (Å²) in [5.74, 6) is -1.65. The number of amides is 1. The summed E-state index contributed by atoms with van der Waals surface area (Å²) in [6.45, 7) is -0.120. The average Bonchev–Trinajstić information content (AvgIpc) is 3.05. The first-order valence-electron chi connectivity index (χ1n) is 14.1. The molecule has 1 aliphatic rings. The maximum Gasteiger partial charge on any atom is 0.334 e. The van der Waals surface area contributed by atoms with E-state index in [2.05, 4.69) is 28.8 Å². The van der Waals surface area contributed by atoms with Crippen molar-refractivity contribution in [2.24, 2.45) is 4.99 Å². The number of aliphatic carboxylic acids is 1. The molecule has 4 rings (SSSR count). The molecule has 2 atom stereocenters. The third kappa shape index (κ3) is 8.74. The molecule has 1 aliphatic carbocycles. The lowest BCUT2D eigenvalue weighted by Gasteiger charge is -2.27. The zero-order valence-electron chi connectivity index (χ0n) is 23.8. The topological polar surface area (TPSA) is 138 Å². The SMILES string of the molecule is N#CNC(=NC(C=S)c1ccc(Cl)cc1)N(Cc1ccc(C(=O)NC[C@@H](O)C(=O)O)cc1)c1ccc(C2=CCCCC2)cc1. The summed E-state index contributed by atoms with van der Waals surface area (Å²) in [6.07, 6.45) is 7.08. The van der Waals surface area contributed by atoms with E-state index in [0.717, 1.165) is 35.2 Å². The first-order valence-corrected chi connectivity index (χ1v) is 14.9. The Hall–Kier alpha value is -4.56. The Morgan fingerprint density at radius 2 is 1.77 bits per heavy atom. The number of benzene rings is 3. The third-order valence-electron chi connectivity index (χ3n) is 7.16. The predicted molar refractivity (Wildman–Crippen MR) is 176 cm³/mol. The number of nitrogens with one attached hydrogen (secondary N) is 2. The second-order valence-corrected chi connectivity index (χ2v) is 10.9. The van der Waals surface area contributed by atoms with E-state index in [1.807, 2.05) is 35.4 Å². The lowest BCUT2D eigenvalue weighted by atomic mass is 9.93. The molecule has 0 aromatic heterocycles. The summed E-state index contributed by atoms with van der Waals surface area (Å²) in [7, 11) is 0. The Balaban J connectivity index is 1.65. The number of aliphatic hydroxyl groups excluding tert-OH is 1. The van der Waals surface area contributed by atoms with Gasteiger partial charge in [0.15, 0.2) is 12.3 Å². The van der Waals surface area contributed by atoms with Crippen molar-refractivity contribution in [1.82, 2.24) is 10.6 Å². The van der Waals surface area contributed by atoms with Gasteiger partial charge in [0.1, 0.15) is 6.04 Å². The summed E-state index contributed by atoms with van der Waals surface area (Å²) in [4.78, 5) is 30.0. The monoisotopic (exact) mass is 629 g/mol. The highest BCUT2D eigenvalue weighted by atomic mass is 35.5. The van der Waals surface area contributed by atoms with Crippen LogP contribution < -0.4 is 15.5 Å². The standard InChI is InChI=1S/C33H32ClN5O4S/c34-27-14-10-25(11-15-27)29(20-44)38-33(37-21-35)39(28-16-12-24(13-17-28)23-4-2-1-3-5-23)19-22-6-8-26(9-7-22)31(41)36-18-30(40)32(42)43/h4,6-17,20,29-30,40H,1-3,5,18-19H2,(H,36,41)(H,37,38)(H,42,43)/t29?,30-/m1/s1. The van der Waals surface area contributed by atoms with Gasteiger partial charge in [-0.1, -0.05) is 66.3 Å². The molecule has 1 amide bonds. The smallest absolute Gasteiger partial charge is 0.334 e. The van der Waals surface area contributed by atoms with Crippen LogP contribution in [0.3, 0.4) is 0 Å². The van der Waals surface area contributed by atoms with Gasteiger partial charge in [-0.05, 0) is 84.3 Å². The Kier molecular flexibility index (Phi) is 11.6. The van der Waals surface area contributed by atoms with E-state index in [-0.39, 0.29) is 5.96 Å². The highest BCUT2D eigenvalue weighted by Crippen LogP contribution is 2.29. The molecule has 3 aromatic rings. The Morgan fingerprint density at radius 3 is 2.36 bits per heavy atom. The number of aliphatic imine (C=N–C) groups is 1. The molecular formula is C33H32ClN5O4S. The number of guanidine groups is 1. The van der Waals surface area contributed by atoms with E-state index < -0.39 is 30.6 Å². The van der Waals surface area contributed by atoms with Crippen LogP contribution in [-0.2, 0) is 11.3 Å². The molecule has 1 unspecified atom stereocenters. The quantitative estimate of drug-likeness (QED) is 0.0702. The van der Waals surface area contributed by atoms with Gasteiger partial charge in [-0.2, -0.15) is 5.26 Å². The van der Waals surface area contributed by atoms with Crippen LogP contribution in [0.15, 0.2) is 83.9 Å². The highest BCUT2D eigenvalue weighted by Gasteiger charge is 2.19. The maximum absolute atomic E-state index is 12.5. The second-order valence-electron chi connectivity index (χ2n) is 10.2. The molecule has 0 fully saturated rings. The summed E-state index contributed by atoms with van der Waals surface area (Å²) in [6, 6.07) is 21.5. The van der Waals surface area contributed by atoms with Gasteiger partial charge in [-0.25, -0.2) is 9.79 Å². The van der Waals surface area contributed by atoms with Crippen molar-refractivity contribution in [3.63, 3.8) is 0 Å². The van der Waals surface area contributed by atoms with Crippen LogP contribution in [0.2, 0.25) is 5.02 Å². The van der Waals surface area contributed by atoms with E-state index >= 15 is 0 Å². The molecule has 11 heteroatoms. The number of nitrogens with zero attached hydrogens (tertiary/aromatic N) is 3. The van der Waals surface area contributed by atoms with Crippen molar-refractivity contribution in [3.05, 3.63) is 106 Å². The summed E-state index contributed by atoms with van der Waals surface area (Å²) in [5, 5.41) is 35.2. The Labute approximate surface area is 266 Å². The average molecular weight is 630 g/mol. The number of thiocarbonyl (C=S) groups is 1. The molecule has 44 heavy (non-hydrogen) atoms. The fourth-order valence-corrected chi connectivity index (χ4v) is 5.11. The van der Waals surface area contributed by atoms with Crippen molar-refractivity contribution >= 4 is 58.3 Å². The van der Waals surface area contributed by atoms with Gasteiger partial charge in [0.25, 0.3) is 5.91 Å². The first kappa shape index (κ1) is 32.4. The molecule has 0 radical (unpaired) electrons. The van der Waals surface area contributed by atoms with E-state index in [4.69, 9.17) is 33.9 Å². The number of halogens is 1. The number of carboxylic acid groups (broad SMARTS) is 1. The largest absolute Gasteiger partial charge is 0.479 e. The number of carboxylic acids is 1. The van der Waals surface area contributed by atoms with E-state index in [1.165, 1.54) is 23.8 Å². The number of allylic oxidation sites excluding steroid dienone is 2. The number of aliphatic hydroxyl groups is 1. The van der Waals surface area contributed by atoms with Gasteiger partial charge < -0.3 is 20.4 Å². The zero-order chi connectivity index (χ0) is 31.5. The van der Waals surface area contributed by atoms with E-state index in [1.54, 1.807) is 36.4 Å². The van der Waals surface area contributed by atoms with Crippen LogP contribution in [0.5, 0.6) is 0 Å². The minimum Gasteiger partial charge on any atom is -0.479 e. The van der Waals surface area contributed by atoms with Gasteiger partial charge in [-0.15, -0.1) is 0 Å². The second kappa shape index (κ2) is 15.8. The van der Waals surface area contributed by atoms with Crippen LogP contribution in [0, 0.1) is 11.5 Å². The fraction of sp³-hybridized carbons (Fsp3) is 0.242. The first-order chi connectivity index (χ1) is 21.3. The maximum atomic E-state index is 12.5. The van der Waals surface area contributed by atoms with Crippen molar-refractivity contribution in [1.29, 1.82) is 5.26 Å². The molecule has 3 aromatic carbocycles. The molecule has 9 nitrogen and oxygen atoms in total. The minimum atomic E-state index is -1.69. The number of anilines is 1. The Bertz CT molecular complexity index is 1570. The number of carbonyl (C=O) groups is 2. The van der Waals surface area contributed by atoms with Gasteiger partial charge in [0.05, 0.1) is 13.1 Å². The predicted octanol–water partition coefficient (Wildman–Crippen LogP) is 5.65. The molecule has 0 spiro atoms.